The van der Waals surface area contributed by atoms with E-state index in [2.05, 4.69) is 24.0 Å². The molecule has 0 aliphatic carbocycles. The first-order chi connectivity index (χ1) is 16.0. The minimum Gasteiger partial charge on any atom is -0.490 e. The van der Waals surface area contributed by atoms with Gasteiger partial charge in [-0.15, -0.1) is 0 Å². The lowest BCUT2D eigenvalue weighted by Crippen LogP contribution is -2.34. The van der Waals surface area contributed by atoms with Gasteiger partial charge in [-0.1, -0.05) is 47.7 Å². The number of hydrogen-bond acceptors (Lipinski definition) is 7. The van der Waals surface area contributed by atoms with Crippen molar-refractivity contribution in [2.24, 2.45) is 4.99 Å². The van der Waals surface area contributed by atoms with Crippen LogP contribution < -0.4 is 9.47 Å². The van der Waals surface area contributed by atoms with Crippen molar-refractivity contribution in [3.05, 3.63) is 82.0 Å². The molecule has 0 bridgehead atoms. The van der Waals surface area contributed by atoms with Gasteiger partial charge < -0.3 is 19.1 Å². The third-order valence-corrected chi connectivity index (χ3v) is 6.15. The molecule has 0 aromatic heterocycles. The number of allylic oxidation sites excluding steroid dienone is 1. The molecule has 2 aromatic rings. The SMILES string of the molecule is CCOC(=O)C1=C(C)N=C2SC=CN2[C@@H]1c1ccc(OCc2cccc(C)c2)c(OCC)c1. The predicted octanol–water partition coefficient (Wildman–Crippen LogP) is 5.74. The topological polar surface area (TPSA) is 60.4 Å². The van der Waals surface area contributed by atoms with E-state index in [-0.39, 0.29) is 12.0 Å². The molecule has 6 nitrogen and oxygen atoms in total. The number of fused-ring (bicyclic) bond motifs is 1. The summed E-state index contributed by atoms with van der Waals surface area (Å²) in [6.45, 7) is 8.91. The second-order valence-corrected chi connectivity index (χ2v) is 8.62. The molecule has 0 amide bonds. The molecule has 2 heterocycles. The molecule has 0 radical (unpaired) electrons. The van der Waals surface area contributed by atoms with Crippen LogP contribution in [0.4, 0.5) is 0 Å². The second kappa shape index (κ2) is 10.2. The number of nitrogens with zero attached hydrogens (tertiary/aromatic N) is 2. The summed E-state index contributed by atoms with van der Waals surface area (Å²) in [7, 11) is 0. The van der Waals surface area contributed by atoms with Crippen molar-refractivity contribution < 1.29 is 19.0 Å². The lowest BCUT2D eigenvalue weighted by molar-refractivity contribution is -0.139. The molecule has 0 N–H and O–H groups in total. The third-order valence-electron chi connectivity index (χ3n) is 5.38. The Kier molecular flexibility index (Phi) is 7.08. The molecule has 33 heavy (non-hydrogen) atoms. The molecular weight excluding hydrogens is 436 g/mol. The van der Waals surface area contributed by atoms with Crippen LogP contribution >= 0.6 is 11.8 Å². The fourth-order valence-corrected chi connectivity index (χ4v) is 4.73. The maximum atomic E-state index is 12.9. The van der Waals surface area contributed by atoms with Crippen LogP contribution in [0.15, 0.2) is 70.3 Å². The van der Waals surface area contributed by atoms with Crippen molar-refractivity contribution >= 4 is 22.9 Å². The molecule has 2 aromatic carbocycles. The number of thioether (sulfide) groups is 1. The van der Waals surface area contributed by atoms with Crippen LogP contribution in [0.25, 0.3) is 0 Å². The van der Waals surface area contributed by atoms with Crippen LogP contribution in [0.5, 0.6) is 11.5 Å². The number of aryl methyl sites for hydroxylation is 1. The number of rotatable bonds is 8. The van der Waals surface area contributed by atoms with Crippen LogP contribution in [0.3, 0.4) is 0 Å². The summed E-state index contributed by atoms with van der Waals surface area (Å²) in [6, 6.07) is 13.7. The van der Waals surface area contributed by atoms with Crippen molar-refractivity contribution in [1.82, 2.24) is 4.90 Å². The van der Waals surface area contributed by atoms with E-state index in [4.69, 9.17) is 14.2 Å². The average molecular weight is 465 g/mol. The molecule has 0 saturated heterocycles. The van der Waals surface area contributed by atoms with E-state index in [0.717, 1.165) is 16.3 Å². The first-order valence-electron chi connectivity index (χ1n) is 11.0. The van der Waals surface area contributed by atoms with Gasteiger partial charge in [-0.25, -0.2) is 9.79 Å². The predicted molar refractivity (Wildman–Crippen MR) is 131 cm³/mol. The number of carbonyl (C=O) groups is 1. The van der Waals surface area contributed by atoms with Gasteiger partial charge in [0, 0.05) is 6.20 Å². The lowest BCUT2D eigenvalue weighted by Gasteiger charge is -2.33. The highest BCUT2D eigenvalue weighted by atomic mass is 32.2. The summed E-state index contributed by atoms with van der Waals surface area (Å²) in [6.07, 6.45) is 1.95. The average Bonchev–Trinajstić information content (AvgIpc) is 3.25. The zero-order valence-corrected chi connectivity index (χ0v) is 20.1. The Balaban J connectivity index is 1.68. The minimum absolute atomic E-state index is 0.305. The van der Waals surface area contributed by atoms with Gasteiger partial charge in [-0.2, -0.15) is 0 Å². The molecule has 4 rings (SSSR count). The van der Waals surface area contributed by atoms with Gasteiger partial charge in [0.25, 0.3) is 0 Å². The monoisotopic (exact) mass is 464 g/mol. The van der Waals surface area contributed by atoms with Gasteiger partial charge in [-0.05, 0) is 56.4 Å². The third kappa shape index (κ3) is 4.93. The zero-order chi connectivity index (χ0) is 23.4. The molecule has 2 aliphatic heterocycles. The van der Waals surface area contributed by atoms with Gasteiger partial charge in [0.2, 0.25) is 0 Å². The van der Waals surface area contributed by atoms with Gasteiger partial charge in [0.05, 0.1) is 30.5 Å². The van der Waals surface area contributed by atoms with Crippen molar-refractivity contribution in [2.75, 3.05) is 13.2 Å². The van der Waals surface area contributed by atoms with E-state index in [1.807, 2.05) is 60.7 Å². The van der Waals surface area contributed by atoms with E-state index in [1.165, 1.54) is 17.3 Å². The highest BCUT2D eigenvalue weighted by Crippen LogP contribution is 2.43. The Labute approximate surface area is 198 Å². The molecule has 0 fully saturated rings. The highest BCUT2D eigenvalue weighted by Gasteiger charge is 2.37. The Morgan fingerprint density at radius 1 is 1.06 bits per heavy atom. The summed E-state index contributed by atoms with van der Waals surface area (Å²) in [4.78, 5) is 19.5. The fraction of sp³-hybridized carbons (Fsp3) is 0.308. The summed E-state index contributed by atoms with van der Waals surface area (Å²) in [5.41, 5.74) is 4.39. The number of hydrogen-bond donors (Lipinski definition) is 0. The summed E-state index contributed by atoms with van der Waals surface area (Å²) in [5.74, 6) is 0.950. The molecule has 1 atom stereocenters. The maximum Gasteiger partial charge on any atom is 0.338 e. The Bertz CT molecular complexity index is 1140. The molecular formula is C26H28N2O4S. The Morgan fingerprint density at radius 3 is 2.67 bits per heavy atom. The second-order valence-electron chi connectivity index (χ2n) is 7.74. The maximum absolute atomic E-state index is 12.9. The normalized spacial score (nSPS) is 17.0. The first-order valence-corrected chi connectivity index (χ1v) is 11.9. The number of amidine groups is 1. The number of benzene rings is 2. The highest BCUT2D eigenvalue weighted by molar-refractivity contribution is 8.16. The standard InChI is InChI=1S/C26H28N2O4S/c1-5-30-22-15-20(10-11-21(22)32-16-19-9-7-8-17(3)14-19)24-23(25(29)31-6-2)18(4)27-26-28(24)12-13-33-26/h7-15,24H,5-6,16H2,1-4H3/t24-/m1/s1. The largest absolute Gasteiger partial charge is 0.490 e. The van der Waals surface area contributed by atoms with Crippen LogP contribution in [0.1, 0.15) is 43.5 Å². The molecule has 0 saturated carbocycles. The molecule has 172 valence electrons. The first kappa shape index (κ1) is 23.0. The molecule has 0 spiro atoms. The van der Waals surface area contributed by atoms with Crippen molar-refractivity contribution in [3.8, 4) is 11.5 Å². The smallest absolute Gasteiger partial charge is 0.338 e. The van der Waals surface area contributed by atoms with Crippen LogP contribution in [-0.2, 0) is 16.1 Å². The van der Waals surface area contributed by atoms with E-state index in [1.54, 1.807) is 6.92 Å². The quantitative estimate of drug-likeness (QED) is 0.464. The van der Waals surface area contributed by atoms with Crippen LogP contribution in [-0.4, -0.2) is 29.3 Å². The number of esters is 1. The number of carbonyl (C=O) groups excluding carboxylic acids is 1. The zero-order valence-electron chi connectivity index (χ0n) is 19.3. The fourth-order valence-electron chi connectivity index (χ4n) is 3.94. The molecule has 7 heteroatoms. The number of aliphatic imine (C=N–C) groups is 1. The van der Waals surface area contributed by atoms with E-state index < -0.39 is 0 Å². The van der Waals surface area contributed by atoms with Gasteiger partial charge >= 0.3 is 5.97 Å². The molecule has 2 aliphatic rings. The van der Waals surface area contributed by atoms with E-state index in [9.17, 15) is 4.79 Å². The lowest BCUT2D eigenvalue weighted by atomic mass is 9.94. The van der Waals surface area contributed by atoms with Crippen LogP contribution in [0, 0.1) is 6.92 Å². The summed E-state index contributed by atoms with van der Waals surface area (Å²) >= 11 is 1.53. The summed E-state index contributed by atoms with van der Waals surface area (Å²) < 4.78 is 17.4. The van der Waals surface area contributed by atoms with Crippen molar-refractivity contribution in [1.29, 1.82) is 0 Å². The van der Waals surface area contributed by atoms with Crippen molar-refractivity contribution in [3.63, 3.8) is 0 Å². The molecule has 0 unspecified atom stereocenters. The number of ether oxygens (including phenoxy) is 3. The van der Waals surface area contributed by atoms with E-state index >= 15 is 0 Å². The van der Waals surface area contributed by atoms with E-state index in [0.29, 0.717) is 42.6 Å². The minimum atomic E-state index is -0.356. The van der Waals surface area contributed by atoms with Crippen LogP contribution in [0.2, 0.25) is 0 Å². The van der Waals surface area contributed by atoms with Crippen molar-refractivity contribution in [2.45, 2.75) is 40.3 Å². The van der Waals surface area contributed by atoms with Gasteiger partial charge in [0.15, 0.2) is 16.7 Å². The Hall–Kier alpha value is -3.19. The van der Waals surface area contributed by atoms with Gasteiger partial charge in [-0.3, -0.25) is 0 Å². The van der Waals surface area contributed by atoms with Gasteiger partial charge in [0.1, 0.15) is 6.61 Å². The summed E-state index contributed by atoms with van der Waals surface area (Å²) in [5, 5.41) is 2.80. The Morgan fingerprint density at radius 2 is 1.91 bits per heavy atom.